The molecule has 2 heterocycles. The van der Waals surface area contributed by atoms with Crippen molar-refractivity contribution in [1.82, 2.24) is 10.3 Å². The van der Waals surface area contributed by atoms with Gasteiger partial charge in [-0.3, -0.25) is 5.32 Å². The van der Waals surface area contributed by atoms with E-state index in [0.29, 0.717) is 41.5 Å². The topological polar surface area (TPSA) is 167 Å². The first-order chi connectivity index (χ1) is 15.5. The van der Waals surface area contributed by atoms with Gasteiger partial charge in [-0.15, -0.1) is 6.58 Å². The Morgan fingerprint density at radius 3 is 2.75 bits per heavy atom. The van der Waals surface area contributed by atoms with Crippen LogP contribution in [0.3, 0.4) is 0 Å². The molecule has 0 radical (unpaired) electrons. The number of fused-ring (bicyclic) bond motifs is 1. The van der Waals surface area contributed by atoms with Crippen LogP contribution >= 0.6 is 0 Å². The lowest BCUT2D eigenvalue weighted by atomic mass is 9.93. The first kappa shape index (κ1) is 22.2. The molecule has 0 fully saturated rings. The van der Waals surface area contributed by atoms with Crippen molar-refractivity contribution in [2.45, 2.75) is 25.8 Å². The van der Waals surface area contributed by atoms with E-state index in [0.717, 1.165) is 12.0 Å². The first-order valence-electron chi connectivity index (χ1n) is 9.92. The molecule has 1 atom stereocenters. The smallest absolute Gasteiger partial charge is 0.211 e. The Labute approximate surface area is 186 Å². The highest BCUT2D eigenvalue weighted by atomic mass is 16.5. The summed E-state index contributed by atoms with van der Waals surface area (Å²) < 4.78 is 11.5. The zero-order valence-corrected chi connectivity index (χ0v) is 17.9. The zero-order valence-electron chi connectivity index (χ0n) is 17.9. The zero-order chi connectivity index (χ0) is 23.3. The Balaban J connectivity index is 2.26. The number of ether oxygens (including phenoxy) is 2. The fraction of sp³-hybridized carbons (Fsp3) is 0.273. The number of nitrogen functional groups attached to an aromatic ring is 2. The van der Waals surface area contributed by atoms with Crippen molar-refractivity contribution in [2.24, 2.45) is 4.99 Å². The highest BCUT2D eigenvalue weighted by Gasteiger charge is 2.31. The molecule has 10 nitrogen and oxygen atoms in total. The highest BCUT2D eigenvalue weighted by molar-refractivity contribution is 5.98. The van der Waals surface area contributed by atoms with E-state index >= 15 is 0 Å². The minimum absolute atomic E-state index is 0.0125. The van der Waals surface area contributed by atoms with Crippen LogP contribution < -0.4 is 31.6 Å². The van der Waals surface area contributed by atoms with E-state index < -0.39 is 6.04 Å². The van der Waals surface area contributed by atoms with Crippen LogP contribution in [-0.2, 0) is 6.42 Å². The summed E-state index contributed by atoms with van der Waals surface area (Å²) in [6, 6.07) is 5.03. The normalized spacial score (nSPS) is 14.1. The molecule has 1 aromatic carbocycles. The number of nitriles is 2. The van der Waals surface area contributed by atoms with Gasteiger partial charge in [0.05, 0.1) is 19.4 Å². The molecule has 2 aromatic rings. The van der Waals surface area contributed by atoms with E-state index in [1.54, 1.807) is 19.3 Å². The number of hydrogen-bond acceptors (Lipinski definition) is 10. The van der Waals surface area contributed by atoms with Crippen molar-refractivity contribution in [3.8, 4) is 23.8 Å². The van der Waals surface area contributed by atoms with Crippen molar-refractivity contribution >= 4 is 23.3 Å². The molecule has 0 bridgehead atoms. The number of guanidine groups is 1. The molecule has 0 amide bonds. The molecule has 0 saturated heterocycles. The van der Waals surface area contributed by atoms with Crippen molar-refractivity contribution in [3.05, 3.63) is 47.0 Å². The molecule has 164 valence electrons. The van der Waals surface area contributed by atoms with Crippen molar-refractivity contribution in [2.75, 3.05) is 30.5 Å². The molecule has 1 aliphatic heterocycles. The van der Waals surface area contributed by atoms with Gasteiger partial charge in [0, 0.05) is 11.1 Å². The third kappa shape index (κ3) is 4.07. The Morgan fingerprint density at radius 2 is 2.12 bits per heavy atom. The van der Waals surface area contributed by atoms with E-state index in [-0.39, 0.29) is 23.0 Å². The molecule has 10 heteroatoms. The Morgan fingerprint density at radius 1 is 1.34 bits per heavy atom. The predicted molar refractivity (Wildman–Crippen MR) is 122 cm³/mol. The number of benzene rings is 1. The summed E-state index contributed by atoms with van der Waals surface area (Å²) in [5.41, 5.74) is 14.5. The van der Waals surface area contributed by atoms with Crippen LogP contribution in [0.2, 0.25) is 0 Å². The van der Waals surface area contributed by atoms with Crippen LogP contribution in [0.15, 0.2) is 29.8 Å². The van der Waals surface area contributed by atoms with Gasteiger partial charge in [0.25, 0.3) is 0 Å². The monoisotopic (exact) mass is 432 g/mol. The number of aromatic nitrogens is 1. The summed E-state index contributed by atoms with van der Waals surface area (Å²) >= 11 is 0. The van der Waals surface area contributed by atoms with E-state index in [1.807, 2.05) is 25.3 Å². The second kappa shape index (κ2) is 9.58. The molecule has 6 N–H and O–H groups in total. The Hall–Kier alpha value is -4.44. The lowest BCUT2D eigenvalue weighted by Crippen LogP contribution is -2.32. The van der Waals surface area contributed by atoms with Gasteiger partial charge in [-0.2, -0.15) is 10.5 Å². The molecular weight excluding hydrogens is 408 g/mol. The number of allylic oxidation sites excluding steroid dienone is 1. The van der Waals surface area contributed by atoms with Gasteiger partial charge in [-0.25, -0.2) is 9.98 Å². The van der Waals surface area contributed by atoms with Crippen LogP contribution in [0.5, 0.6) is 11.5 Å². The third-order valence-corrected chi connectivity index (χ3v) is 4.86. The predicted octanol–water partition coefficient (Wildman–Crippen LogP) is 2.59. The molecule has 32 heavy (non-hydrogen) atoms. The fourth-order valence-corrected chi connectivity index (χ4v) is 3.49. The molecule has 3 rings (SSSR count). The second-order valence-corrected chi connectivity index (χ2v) is 6.95. The van der Waals surface area contributed by atoms with Crippen molar-refractivity contribution in [1.29, 1.82) is 10.5 Å². The standard InChI is InChI=1S/C22H24N8O2/c1-4-6-12-8-13(9-15(31-3)19(12)32-7-5-2)18-16-17(25)14(10-23)20(26)29-21(16)30-22(28-18)27-11-24/h4,8-9,18H,1,5-7H2,2-3H3,(H6,25,26,27,28,29,30). The molecule has 0 aliphatic carbocycles. The number of aliphatic imine (C=N–C) groups is 1. The maximum atomic E-state index is 9.50. The lowest BCUT2D eigenvalue weighted by Gasteiger charge is -2.27. The summed E-state index contributed by atoms with van der Waals surface area (Å²) in [6.45, 7) is 6.39. The Kier molecular flexibility index (Phi) is 6.66. The number of nitrogens with two attached hydrogens (primary N) is 2. The quantitative estimate of drug-likeness (QED) is 0.292. The van der Waals surface area contributed by atoms with Gasteiger partial charge in [-0.1, -0.05) is 13.0 Å². The van der Waals surface area contributed by atoms with Crippen LogP contribution in [-0.4, -0.2) is 24.7 Å². The van der Waals surface area contributed by atoms with Crippen LogP contribution in [0.1, 0.15) is 41.6 Å². The minimum Gasteiger partial charge on any atom is -0.493 e. The van der Waals surface area contributed by atoms with Gasteiger partial charge >= 0.3 is 0 Å². The van der Waals surface area contributed by atoms with Gasteiger partial charge in [0.1, 0.15) is 29.3 Å². The average Bonchev–Trinajstić information content (AvgIpc) is 2.77. The SMILES string of the molecule is C=CCc1cc(C2N=C(NC#N)Nc3nc(N)c(C#N)c(N)c32)cc(OC)c1OCCC. The third-order valence-electron chi connectivity index (χ3n) is 4.86. The summed E-state index contributed by atoms with van der Waals surface area (Å²) in [5.74, 6) is 1.64. The fourth-order valence-electron chi connectivity index (χ4n) is 3.49. The van der Waals surface area contributed by atoms with E-state index in [4.69, 9.17) is 26.2 Å². The summed E-state index contributed by atoms with van der Waals surface area (Å²) in [4.78, 5) is 8.87. The molecule has 1 aliphatic rings. The molecule has 0 spiro atoms. The van der Waals surface area contributed by atoms with E-state index in [9.17, 15) is 5.26 Å². The van der Waals surface area contributed by atoms with Gasteiger partial charge in [0.2, 0.25) is 5.96 Å². The number of pyridine rings is 1. The first-order valence-corrected chi connectivity index (χ1v) is 9.92. The van der Waals surface area contributed by atoms with Crippen LogP contribution in [0.25, 0.3) is 0 Å². The number of rotatable bonds is 7. The number of nitrogens with one attached hydrogen (secondary N) is 2. The number of hydrogen-bond donors (Lipinski definition) is 4. The Bertz CT molecular complexity index is 1160. The van der Waals surface area contributed by atoms with E-state index in [2.05, 4.69) is 27.2 Å². The summed E-state index contributed by atoms with van der Waals surface area (Å²) in [7, 11) is 1.56. The number of anilines is 3. The highest BCUT2D eigenvalue weighted by Crippen LogP contribution is 2.43. The summed E-state index contributed by atoms with van der Waals surface area (Å²) in [5, 5.41) is 24.0. The largest absolute Gasteiger partial charge is 0.493 e. The van der Waals surface area contributed by atoms with Gasteiger partial charge in [0.15, 0.2) is 17.7 Å². The molecular formula is C22H24N8O2. The maximum Gasteiger partial charge on any atom is 0.211 e. The number of methoxy groups -OCH3 is 1. The van der Waals surface area contributed by atoms with Gasteiger partial charge < -0.3 is 26.3 Å². The average molecular weight is 432 g/mol. The molecule has 1 aromatic heterocycles. The second-order valence-electron chi connectivity index (χ2n) is 6.95. The minimum atomic E-state index is -0.681. The van der Waals surface area contributed by atoms with Crippen molar-refractivity contribution in [3.63, 3.8) is 0 Å². The summed E-state index contributed by atoms with van der Waals surface area (Å²) in [6.07, 6.45) is 4.98. The van der Waals surface area contributed by atoms with Crippen molar-refractivity contribution < 1.29 is 9.47 Å². The molecule has 0 saturated carbocycles. The lowest BCUT2D eigenvalue weighted by molar-refractivity contribution is 0.291. The van der Waals surface area contributed by atoms with Gasteiger partial charge in [-0.05, 0) is 30.5 Å². The molecule has 1 unspecified atom stereocenters. The van der Waals surface area contributed by atoms with Crippen LogP contribution in [0, 0.1) is 22.8 Å². The maximum absolute atomic E-state index is 9.50. The van der Waals surface area contributed by atoms with Crippen LogP contribution in [0.4, 0.5) is 17.3 Å². The van der Waals surface area contributed by atoms with E-state index in [1.165, 1.54) is 0 Å². The number of nitrogens with zero attached hydrogens (tertiary/aromatic N) is 4.